The Kier molecular flexibility index (Phi) is 9.47. The van der Waals surface area contributed by atoms with E-state index in [4.69, 9.17) is 30.5 Å². The van der Waals surface area contributed by atoms with Crippen LogP contribution in [0.5, 0.6) is 11.5 Å². The SMILES string of the molecule is N#Cc1ccc(OCCC(O)CN)cc1.N#Cc1ccc(OCCC2CO2)cc1. The van der Waals surface area contributed by atoms with Crippen molar-refractivity contribution in [1.82, 2.24) is 0 Å². The molecule has 2 atom stereocenters. The molecule has 0 radical (unpaired) electrons. The Morgan fingerprint density at radius 3 is 1.86 bits per heavy atom. The van der Waals surface area contributed by atoms with Gasteiger partial charge in [0.05, 0.1) is 55.3 Å². The van der Waals surface area contributed by atoms with E-state index in [0.717, 1.165) is 18.8 Å². The first-order chi connectivity index (χ1) is 14.1. The maximum Gasteiger partial charge on any atom is 0.119 e. The minimum atomic E-state index is -0.511. The first-order valence-electron chi connectivity index (χ1n) is 9.40. The summed E-state index contributed by atoms with van der Waals surface area (Å²) >= 11 is 0. The van der Waals surface area contributed by atoms with Crippen LogP contribution in [0, 0.1) is 22.7 Å². The Morgan fingerprint density at radius 1 is 0.966 bits per heavy atom. The third-order valence-corrected chi connectivity index (χ3v) is 4.07. The molecule has 7 heteroatoms. The van der Waals surface area contributed by atoms with Gasteiger partial charge in [-0.3, -0.25) is 0 Å². The van der Waals surface area contributed by atoms with Gasteiger partial charge in [0.2, 0.25) is 0 Å². The van der Waals surface area contributed by atoms with Crippen molar-refractivity contribution in [2.24, 2.45) is 5.73 Å². The van der Waals surface area contributed by atoms with Crippen molar-refractivity contribution < 1.29 is 19.3 Å². The summed E-state index contributed by atoms with van der Waals surface area (Å²) in [5.41, 5.74) is 6.50. The van der Waals surface area contributed by atoms with E-state index >= 15 is 0 Å². The van der Waals surface area contributed by atoms with E-state index in [-0.39, 0.29) is 6.54 Å². The van der Waals surface area contributed by atoms with Crippen molar-refractivity contribution in [2.75, 3.05) is 26.4 Å². The standard InChI is InChI=1S/C11H14N2O2.C11H11NO2/c12-7-9-1-3-11(4-2-9)15-6-5-10(14)8-13;12-7-9-1-3-10(4-2-9)13-6-5-11-8-14-11/h1-4,10,14H,5-6,8,13H2;1-4,11H,5-6,8H2. The van der Waals surface area contributed by atoms with Crippen molar-refractivity contribution in [2.45, 2.75) is 25.0 Å². The quantitative estimate of drug-likeness (QED) is 0.624. The Hall–Kier alpha value is -3.10. The molecule has 152 valence electrons. The van der Waals surface area contributed by atoms with E-state index in [0.29, 0.717) is 42.6 Å². The van der Waals surface area contributed by atoms with Crippen LogP contribution >= 0.6 is 0 Å². The molecule has 29 heavy (non-hydrogen) atoms. The van der Waals surface area contributed by atoms with E-state index < -0.39 is 6.10 Å². The number of epoxide rings is 1. The molecule has 1 fully saturated rings. The molecule has 0 aromatic heterocycles. The van der Waals surface area contributed by atoms with Crippen LogP contribution in [0.15, 0.2) is 48.5 Å². The van der Waals surface area contributed by atoms with E-state index in [1.807, 2.05) is 18.2 Å². The summed E-state index contributed by atoms with van der Waals surface area (Å²) in [6, 6.07) is 18.1. The second-order valence-corrected chi connectivity index (χ2v) is 6.39. The van der Waals surface area contributed by atoms with Crippen LogP contribution in [0.4, 0.5) is 0 Å². The van der Waals surface area contributed by atoms with Crippen LogP contribution in [0.2, 0.25) is 0 Å². The Balaban J connectivity index is 0.000000207. The van der Waals surface area contributed by atoms with E-state index in [1.54, 1.807) is 36.4 Å². The van der Waals surface area contributed by atoms with Gasteiger partial charge in [0, 0.05) is 19.4 Å². The topological polar surface area (TPSA) is 125 Å². The lowest BCUT2D eigenvalue weighted by Gasteiger charge is -2.09. The molecule has 0 aliphatic carbocycles. The zero-order chi connectivity index (χ0) is 20.9. The molecule has 0 spiro atoms. The maximum absolute atomic E-state index is 9.17. The minimum absolute atomic E-state index is 0.247. The molecule has 1 saturated heterocycles. The Bertz CT molecular complexity index is 806. The average Bonchev–Trinajstić information content (AvgIpc) is 3.59. The van der Waals surface area contributed by atoms with Crippen LogP contribution in [-0.2, 0) is 4.74 Å². The highest BCUT2D eigenvalue weighted by Gasteiger charge is 2.21. The fraction of sp³-hybridized carbons (Fsp3) is 0.364. The molecule has 0 bridgehead atoms. The van der Waals surface area contributed by atoms with Crippen LogP contribution in [0.25, 0.3) is 0 Å². The van der Waals surface area contributed by atoms with Gasteiger partial charge in [-0.25, -0.2) is 0 Å². The molecule has 0 saturated carbocycles. The number of benzene rings is 2. The van der Waals surface area contributed by atoms with Gasteiger partial charge in [0.15, 0.2) is 0 Å². The summed E-state index contributed by atoms with van der Waals surface area (Å²) in [5, 5.41) is 26.3. The summed E-state index contributed by atoms with van der Waals surface area (Å²) in [4.78, 5) is 0. The highest BCUT2D eigenvalue weighted by Crippen LogP contribution is 2.16. The Labute approximate surface area is 170 Å². The van der Waals surface area contributed by atoms with Gasteiger partial charge in [-0.15, -0.1) is 0 Å². The molecule has 3 rings (SSSR count). The lowest BCUT2D eigenvalue weighted by molar-refractivity contribution is 0.146. The molecule has 0 amide bonds. The average molecular weight is 395 g/mol. The summed E-state index contributed by atoms with van der Waals surface area (Å²) in [7, 11) is 0. The fourth-order valence-electron chi connectivity index (χ4n) is 2.22. The number of rotatable bonds is 9. The van der Waals surface area contributed by atoms with Crippen LogP contribution in [-0.4, -0.2) is 43.7 Å². The zero-order valence-corrected chi connectivity index (χ0v) is 16.2. The third-order valence-electron chi connectivity index (χ3n) is 4.07. The van der Waals surface area contributed by atoms with Crippen molar-refractivity contribution in [3.05, 3.63) is 59.7 Å². The van der Waals surface area contributed by atoms with Crippen molar-refractivity contribution in [3.63, 3.8) is 0 Å². The van der Waals surface area contributed by atoms with Gasteiger partial charge in [-0.1, -0.05) is 0 Å². The molecule has 2 aromatic carbocycles. The normalized spacial score (nSPS) is 15.1. The van der Waals surface area contributed by atoms with Gasteiger partial charge in [0.25, 0.3) is 0 Å². The number of nitrogens with two attached hydrogens (primary N) is 1. The third kappa shape index (κ3) is 9.09. The first kappa shape index (κ1) is 22.2. The lowest BCUT2D eigenvalue weighted by atomic mass is 10.2. The molecule has 2 unspecified atom stereocenters. The number of hydrogen-bond donors (Lipinski definition) is 2. The Morgan fingerprint density at radius 2 is 1.45 bits per heavy atom. The van der Waals surface area contributed by atoms with Crippen LogP contribution in [0.3, 0.4) is 0 Å². The number of ether oxygens (including phenoxy) is 3. The summed E-state index contributed by atoms with van der Waals surface area (Å²) in [5.74, 6) is 1.50. The van der Waals surface area contributed by atoms with Crippen molar-refractivity contribution >= 4 is 0 Å². The smallest absolute Gasteiger partial charge is 0.119 e. The van der Waals surface area contributed by atoms with E-state index in [9.17, 15) is 5.11 Å². The number of aliphatic hydroxyl groups is 1. The first-order valence-corrected chi connectivity index (χ1v) is 9.40. The summed E-state index contributed by atoms with van der Waals surface area (Å²) < 4.78 is 15.9. The zero-order valence-electron chi connectivity index (χ0n) is 16.2. The highest BCUT2D eigenvalue weighted by atomic mass is 16.6. The molecule has 3 N–H and O–H groups in total. The fourth-order valence-corrected chi connectivity index (χ4v) is 2.22. The highest BCUT2D eigenvalue weighted by molar-refractivity contribution is 5.35. The minimum Gasteiger partial charge on any atom is -0.493 e. The van der Waals surface area contributed by atoms with E-state index in [1.165, 1.54) is 0 Å². The molecule has 1 heterocycles. The van der Waals surface area contributed by atoms with Gasteiger partial charge >= 0.3 is 0 Å². The van der Waals surface area contributed by atoms with Crippen molar-refractivity contribution in [3.8, 4) is 23.6 Å². The second-order valence-electron chi connectivity index (χ2n) is 6.39. The second kappa shape index (κ2) is 12.4. The van der Waals surface area contributed by atoms with Crippen LogP contribution in [0.1, 0.15) is 24.0 Å². The number of nitriles is 2. The number of nitrogens with zero attached hydrogens (tertiary/aromatic N) is 2. The summed E-state index contributed by atoms with van der Waals surface area (Å²) in [6.07, 6.45) is 1.35. The van der Waals surface area contributed by atoms with Gasteiger partial charge in [-0.2, -0.15) is 10.5 Å². The van der Waals surface area contributed by atoms with E-state index in [2.05, 4.69) is 6.07 Å². The number of hydrogen-bond acceptors (Lipinski definition) is 7. The van der Waals surface area contributed by atoms with Gasteiger partial charge < -0.3 is 25.1 Å². The molecular weight excluding hydrogens is 370 g/mol. The molecular formula is C22H25N3O4. The largest absolute Gasteiger partial charge is 0.493 e. The molecule has 2 aromatic rings. The maximum atomic E-state index is 9.17. The molecule has 1 aliphatic rings. The predicted molar refractivity (Wildman–Crippen MR) is 107 cm³/mol. The van der Waals surface area contributed by atoms with Gasteiger partial charge in [-0.05, 0) is 48.5 Å². The summed E-state index contributed by atoms with van der Waals surface area (Å²) in [6.45, 7) is 2.22. The molecule has 7 nitrogen and oxygen atoms in total. The predicted octanol–water partition coefficient (Wildman–Crippen LogP) is 2.37. The lowest BCUT2D eigenvalue weighted by Crippen LogP contribution is -2.21. The molecule has 1 aliphatic heterocycles. The van der Waals surface area contributed by atoms with Gasteiger partial charge in [0.1, 0.15) is 11.5 Å². The monoisotopic (exact) mass is 395 g/mol. The van der Waals surface area contributed by atoms with Crippen LogP contribution < -0.4 is 15.2 Å². The van der Waals surface area contributed by atoms with Crippen molar-refractivity contribution in [1.29, 1.82) is 10.5 Å². The number of aliphatic hydroxyl groups excluding tert-OH is 1.